The Balaban J connectivity index is 1.54. The fourth-order valence-corrected chi connectivity index (χ4v) is 3.87. The quantitative estimate of drug-likeness (QED) is 0.793. The molecule has 0 radical (unpaired) electrons. The number of carbonyl (C=O) groups is 1. The monoisotopic (exact) mass is 331 g/mol. The lowest BCUT2D eigenvalue weighted by Gasteiger charge is -2.08. The summed E-state index contributed by atoms with van der Waals surface area (Å²) in [5, 5.41) is 2.99. The van der Waals surface area contributed by atoms with Crippen molar-refractivity contribution in [3.8, 4) is 5.75 Å². The summed E-state index contributed by atoms with van der Waals surface area (Å²) in [6, 6.07) is 9.82. The van der Waals surface area contributed by atoms with Crippen molar-refractivity contribution in [2.75, 3.05) is 20.3 Å². The molecule has 3 rings (SSSR count). The number of nitrogens with one attached hydrogen (secondary N) is 1. The zero-order valence-electron chi connectivity index (χ0n) is 13.3. The molecule has 1 amide bonds. The van der Waals surface area contributed by atoms with Crippen molar-refractivity contribution >= 4 is 17.2 Å². The fraction of sp³-hybridized carbons (Fsp3) is 0.389. The van der Waals surface area contributed by atoms with Crippen LogP contribution in [0.1, 0.15) is 32.1 Å². The first kappa shape index (κ1) is 16.0. The molecule has 23 heavy (non-hydrogen) atoms. The van der Waals surface area contributed by atoms with E-state index in [4.69, 9.17) is 9.47 Å². The van der Waals surface area contributed by atoms with E-state index in [0.29, 0.717) is 19.8 Å². The van der Waals surface area contributed by atoms with Gasteiger partial charge in [-0.2, -0.15) is 0 Å². The number of aryl methyl sites for hydroxylation is 2. The molecule has 0 spiro atoms. The van der Waals surface area contributed by atoms with Crippen LogP contribution >= 0.6 is 11.3 Å². The van der Waals surface area contributed by atoms with Crippen LogP contribution in [0.2, 0.25) is 0 Å². The first-order valence-electron chi connectivity index (χ1n) is 7.87. The average Bonchev–Trinajstić information content (AvgIpc) is 3.15. The summed E-state index contributed by atoms with van der Waals surface area (Å²) in [7, 11) is 1.65. The second-order valence-electron chi connectivity index (χ2n) is 5.58. The molecule has 1 aromatic carbocycles. The van der Waals surface area contributed by atoms with Gasteiger partial charge in [0, 0.05) is 18.5 Å². The molecule has 4 nitrogen and oxygen atoms in total. The van der Waals surface area contributed by atoms with Crippen LogP contribution in [0.15, 0.2) is 30.3 Å². The average molecular weight is 331 g/mol. The molecule has 0 atom stereocenters. The number of hydrogen-bond donors (Lipinski definition) is 1. The molecule has 2 aromatic rings. The van der Waals surface area contributed by atoms with Crippen molar-refractivity contribution in [1.82, 2.24) is 5.32 Å². The molecule has 1 aliphatic carbocycles. The van der Waals surface area contributed by atoms with Crippen LogP contribution in [0.5, 0.6) is 5.75 Å². The summed E-state index contributed by atoms with van der Waals surface area (Å²) in [6.07, 6.45) is 3.45. The van der Waals surface area contributed by atoms with E-state index in [1.165, 1.54) is 16.9 Å². The first-order valence-corrected chi connectivity index (χ1v) is 8.68. The molecule has 1 heterocycles. The summed E-state index contributed by atoms with van der Waals surface area (Å²) in [4.78, 5) is 14.5. The van der Waals surface area contributed by atoms with Gasteiger partial charge < -0.3 is 14.8 Å². The highest BCUT2D eigenvalue weighted by Crippen LogP contribution is 2.30. The van der Waals surface area contributed by atoms with Crippen LogP contribution in [0.25, 0.3) is 0 Å². The van der Waals surface area contributed by atoms with Crippen LogP contribution in [0, 0.1) is 0 Å². The SMILES string of the molecule is COCCOc1cccc(CNC(=O)c2cc3c(s2)CCC3)c1. The third-order valence-electron chi connectivity index (χ3n) is 3.88. The lowest BCUT2D eigenvalue weighted by Crippen LogP contribution is -2.21. The molecular formula is C18H21NO3S. The summed E-state index contributed by atoms with van der Waals surface area (Å²) >= 11 is 1.63. The van der Waals surface area contributed by atoms with Crippen molar-refractivity contribution in [2.45, 2.75) is 25.8 Å². The Bertz CT molecular complexity index is 659. The van der Waals surface area contributed by atoms with E-state index in [2.05, 4.69) is 5.32 Å². The third kappa shape index (κ3) is 4.12. The summed E-state index contributed by atoms with van der Waals surface area (Å²) in [5.74, 6) is 0.805. The second-order valence-corrected chi connectivity index (χ2v) is 6.72. The molecule has 0 saturated heterocycles. The lowest BCUT2D eigenvalue weighted by atomic mass is 10.2. The molecule has 0 saturated carbocycles. The standard InChI is InChI=1S/C18H21NO3S/c1-21-8-9-22-15-6-2-4-13(10-15)12-19-18(20)17-11-14-5-3-7-16(14)23-17/h2,4,6,10-11H,3,5,7-9,12H2,1H3,(H,19,20). The minimum absolute atomic E-state index is 0.00936. The predicted octanol–water partition coefficient (Wildman–Crippen LogP) is 3.19. The highest BCUT2D eigenvalue weighted by atomic mass is 32.1. The Labute approximate surface area is 140 Å². The molecule has 0 fully saturated rings. The van der Waals surface area contributed by atoms with Gasteiger partial charge in [0.2, 0.25) is 0 Å². The minimum atomic E-state index is 0.00936. The van der Waals surface area contributed by atoms with Crippen molar-refractivity contribution in [1.29, 1.82) is 0 Å². The molecule has 0 unspecified atom stereocenters. The molecule has 1 aromatic heterocycles. The Hall–Kier alpha value is -1.85. The van der Waals surface area contributed by atoms with Gasteiger partial charge in [0.15, 0.2) is 0 Å². The van der Waals surface area contributed by atoms with Crippen molar-refractivity contribution < 1.29 is 14.3 Å². The number of carbonyl (C=O) groups excluding carboxylic acids is 1. The van der Waals surface area contributed by atoms with Crippen molar-refractivity contribution in [3.05, 3.63) is 51.2 Å². The fourth-order valence-electron chi connectivity index (χ4n) is 2.70. The number of fused-ring (bicyclic) bond motifs is 1. The van der Waals surface area contributed by atoms with Crippen molar-refractivity contribution in [3.63, 3.8) is 0 Å². The van der Waals surface area contributed by atoms with Gasteiger partial charge in [-0.3, -0.25) is 4.79 Å². The Morgan fingerprint density at radius 1 is 1.26 bits per heavy atom. The molecule has 1 aliphatic rings. The van der Waals surface area contributed by atoms with Gasteiger partial charge in [-0.05, 0) is 48.6 Å². The Morgan fingerprint density at radius 3 is 3.00 bits per heavy atom. The predicted molar refractivity (Wildman–Crippen MR) is 91.3 cm³/mol. The van der Waals surface area contributed by atoms with Crippen LogP contribution in [0.3, 0.4) is 0 Å². The van der Waals surface area contributed by atoms with Gasteiger partial charge in [0.25, 0.3) is 5.91 Å². The van der Waals surface area contributed by atoms with Crippen LogP contribution in [-0.4, -0.2) is 26.2 Å². The van der Waals surface area contributed by atoms with E-state index < -0.39 is 0 Å². The van der Waals surface area contributed by atoms with Gasteiger partial charge in [0.1, 0.15) is 12.4 Å². The summed E-state index contributed by atoms with van der Waals surface area (Å²) in [5.41, 5.74) is 2.38. The van der Waals surface area contributed by atoms with E-state index in [1.54, 1.807) is 18.4 Å². The number of rotatable bonds is 7. The number of thiophene rings is 1. The topological polar surface area (TPSA) is 47.6 Å². The number of hydrogen-bond acceptors (Lipinski definition) is 4. The van der Waals surface area contributed by atoms with E-state index >= 15 is 0 Å². The largest absolute Gasteiger partial charge is 0.491 e. The van der Waals surface area contributed by atoms with E-state index in [1.807, 2.05) is 30.3 Å². The number of benzene rings is 1. The number of methoxy groups -OCH3 is 1. The highest BCUT2D eigenvalue weighted by molar-refractivity contribution is 7.14. The number of amides is 1. The van der Waals surface area contributed by atoms with Crippen LogP contribution in [0.4, 0.5) is 0 Å². The van der Waals surface area contributed by atoms with Gasteiger partial charge >= 0.3 is 0 Å². The molecule has 1 N–H and O–H groups in total. The normalized spacial score (nSPS) is 12.9. The lowest BCUT2D eigenvalue weighted by molar-refractivity contribution is 0.0955. The zero-order chi connectivity index (χ0) is 16.1. The molecular weight excluding hydrogens is 310 g/mol. The Morgan fingerprint density at radius 2 is 2.17 bits per heavy atom. The van der Waals surface area contributed by atoms with E-state index in [-0.39, 0.29) is 5.91 Å². The van der Waals surface area contributed by atoms with Gasteiger partial charge in [-0.1, -0.05) is 12.1 Å². The maximum Gasteiger partial charge on any atom is 0.261 e. The minimum Gasteiger partial charge on any atom is -0.491 e. The molecule has 0 aliphatic heterocycles. The first-order chi connectivity index (χ1) is 11.3. The van der Waals surface area contributed by atoms with Gasteiger partial charge in [0.05, 0.1) is 11.5 Å². The smallest absolute Gasteiger partial charge is 0.261 e. The van der Waals surface area contributed by atoms with E-state index in [9.17, 15) is 4.79 Å². The van der Waals surface area contributed by atoms with Gasteiger partial charge in [-0.25, -0.2) is 0 Å². The van der Waals surface area contributed by atoms with Crippen LogP contribution in [-0.2, 0) is 24.1 Å². The molecule has 0 bridgehead atoms. The van der Waals surface area contributed by atoms with E-state index in [0.717, 1.165) is 29.0 Å². The van der Waals surface area contributed by atoms with Crippen molar-refractivity contribution in [2.24, 2.45) is 0 Å². The maximum atomic E-state index is 12.3. The molecule has 122 valence electrons. The summed E-state index contributed by atoms with van der Waals surface area (Å²) in [6.45, 7) is 1.58. The summed E-state index contributed by atoms with van der Waals surface area (Å²) < 4.78 is 10.6. The maximum absolute atomic E-state index is 12.3. The third-order valence-corrected chi connectivity index (χ3v) is 5.11. The number of ether oxygens (including phenoxy) is 2. The molecule has 5 heteroatoms. The van der Waals surface area contributed by atoms with Gasteiger partial charge in [-0.15, -0.1) is 11.3 Å². The highest BCUT2D eigenvalue weighted by Gasteiger charge is 2.18. The Kier molecular flexibility index (Phi) is 5.31. The van der Waals surface area contributed by atoms with Crippen LogP contribution < -0.4 is 10.1 Å². The second kappa shape index (κ2) is 7.62. The zero-order valence-corrected chi connectivity index (χ0v) is 14.1.